The second-order valence-corrected chi connectivity index (χ2v) is 10.6. The molecule has 0 unspecified atom stereocenters. The number of carbonyl (C=O) groups excluding carboxylic acids is 2. The first-order chi connectivity index (χ1) is 17.2. The molecule has 0 aliphatic rings. The lowest BCUT2D eigenvalue weighted by Crippen LogP contribution is -2.51. The van der Waals surface area contributed by atoms with Crippen molar-refractivity contribution in [3.05, 3.63) is 95.0 Å². The third kappa shape index (κ3) is 6.25. The fourth-order valence-corrected chi connectivity index (χ4v) is 5.55. The fourth-order valence-electron chi connectivity index (χ4n) is 3.93. The lowest BCUT2D eigenvalue weighted by Gasteiger charge is -2.33. The van der Waals surface area contributed by atoms with Crippen molar-refractivity contribution in [2.24, 2.45) is 0 Å². The second-order valence-electron chi connectivity index (χ2n) is 8.32. The molecule has 9 heteroatoms. The zero-order valence-corrected chi connectivity index (χ0v) is 22.1. The van der Waals surface area contributed by atoms with Crippen LogP contribution in [-0.4, -0.2) is 44.8 Å². The molecule has 0 saturated heterocycles. The highest BCUT2D eigenvalue weighted by Crippen LogP contribution is 2.26. The van der Waals surface area contributed by atoms with Gasteiger partial charge in [-0.2, -0.15) is 0 Å². The van der Waals surface area contributed by atoms with Gasteiger partial charge in [-0.05, 0) is 54.8 Å². The number of halogens is 1. The van der Waals surface area contributed by atoms with E-state index in [0.29, 0.717) is 22.7 Å². The highest BCUT2D eigenvalue weighted by atomic mass is 35.5. The van der Waals surface area contributed by atoms with Gasteiger partial charge in [-0.3, -0.25) is 13.9 Å². The molecule has 0 aliphatic carbocycles. The number of rotatable bonds is 10. The Bertz CT molecular complexity index is 1320. The van der Waals surface area contributed by atoms with E-state index in [4.69, 9.17) is 11.6 Å². The van der Waals surface area contributed by atoms with E-state index in [1.54, 1.807) is 67.6 Å². The maximum atomic E-state index is 13.8. The van der Waals surface area contributed by atoms with Crippen LogP contribution in [0.4, 0.5) is 5.69 Å². The van der Waals surface area contributed by atoms with Gasteiger partial charge >= 0.3 is 0 Å². The molecule has 0 aromatic heterocycles. The molecule has 0 aliphatic heterocycles. The van der Waals surface area contributed by atoms with Crippen LogP contribution in [0.5, 0.6) is 0 Å². The Kier molecular flexibility index (Phi) is 9.12. The van der Waals surface area contributed by atoms with Crippen molar-refractivity contribution in [2.45, 2.75) is 37.8 Å². The maximum Gasteiger partial charge on any atom is 0.264 e. The molecule has 190 valence electrons. The molecule has 3 aromatic rings. The van der Waals surface area contributed by atoms with Crippen LogP contribution in [0.2, 0.25) is 5.02 Å². The van der Waals surface area contributed by atoms with Crippen LogP contribution in [0.25, 0.3) is 0 Å². The van der Waals surface area contributed by atoms with Crippen molar-refractivity contribution in [3.8, 4) is 0 Å². The molecule has 2 amide bonds. The molecular weight excluding hydrogens is 498 g/mol. The summed E-state index contributed by atoms with van der Waals surface area (Å²) >= 11 is 6.36. The predicted octanol–water partition coefficient (Wildman–Crippen LogP) is 4.40. The molecule has 3 rings (SSSR count). The predicted molar refractivity (Wildman–Crippen MR) is 142 cm³/mol. The quantitative estimate of drug-likeness (QED) is 0.423. The van der Waals surface area contributed by atoms with E-state index in [9.17, 15) is 18.0 Å². The van der Waals surface area contributed by atoms with Crippen LogP contribution >= 0.6 is 11.6 Å². The van der Waals surface area contributed by atoms with Crippen LogP contribution in [0, 0.1) is 6.92 Å². The summed E-state index contributed by atoms with van der Waals surface area (Å²) in [6.07, 6.45) is 0.339. The molecule has 0 heterocycles. The summed E-state index contributed by atoms with van der Waals surface area (Å²) < 4.78 is 28.5. The van der Waals surface area contributed by atoms with Gasteiger partial charge in [-0.1, -0.05) is 67.1 Å². The Balaban J connectivity index is 2.06. The van der Waals surface area contributed by atoms with Crippen LogP contribution < -0.4 is 9.62 Å². The minimum absolute atomic E-state index is 0.0531. The summed E-state index contributed by atoms with van der Waals surface area (Å²) in [6.45, 7) is 3.21. The SMILES string of the molecule is CC[C@H](C(=O)NC)N(Cc1ccccc1Cl)C(=O)CN(c1cccc(C)c1)S(=O)(=O)c1ccccc1. The highest BCUT2D eigenvalue weighted by Gasteiger charge is 2.33. The van der Waals surface area contributed by atoms with Crippen LogP contribution in [-0.2, 0) is 26.2 Å². The summed E-state index contributed by atoms with van der Waals surface area (Å²) in [6, 6.07) is 21.2. The largest absolute Gasteiger partial charge is 0.357 e. The first-order valence-electron chi connectivity index (χ1n) is 11.6. The molecule has 0 fully saturated rings. The van der Waals surface area contributed by atoms with Crippen molar-refractivity contribution in [3.63, 3.8) is 0 Å². The molecule has 1 atom stereocenters. The number of aryl methyl sites for hydroxylation is 1. The van der Waals surface area contributed by atoms with Gasteiger partial charge in [0.25, 0.3) is 10.0 Å². The number of amides is 2. The lowest BCUT2D eigenvalue weighted by atomic mass is 10.1. The number of carbonyl (C=O) groups is 2. The van der Waals surface area contributed by atoms with Gasteiger partial charge < -0.3 is 10.2 Å². The van der Waals surface area contributed by atoms with Gasteiger partial charge in [0.2, 0.25) is 11.8 Å². The third-order valence-corrected chi connectivity index (χ3v) is 7.99. The van der Waals surface area contributed by atoms with E-state index in [1.807, 2.05) is 13.0 Å². The summed E-state index contributed by atoms with van der Waals surface area (Å²) in [4.78, 5) is 28.0. The van der Waals surface area contributed by atoms with Gasteiger partial charge in [0.1, 0.15) is 12.6 Å². The average Bonchev–Trinajstić information content (AvgIpc) is 2.88. The van der Waals surface area contributed by atoms with Crippen LogP contribution in [0.1, 0.15) is 24.5 Å². The standard InChI is InChI=1S/C27H30ClN3O4S/c1-4-25(27(33)29-3)30(18-21-12-8-9-16-24(21)28)26(32)19-31(22-13-10-11-20(2)17-22)36(34,35)23-14-6-5-7-15-23/h5-17,25H,4,18-19H2,1-3H3,(H,29,33)/t25-/m1/s1. The van der Waals surface area contributed by atoms with Gasteiger partial charge in [0, 0.05) is 18.6 Å². The van der Waals surface area contributed by atoms with Crippen molar-refractivity contribution in [1.29, 1.82) is 0 Å². The van der Waals surface area contributed by atoms with Crippen molar-refractivity contribution < 1.29 is 18.0 Å². The number of nitrogens with zero attached hydrogens (tertiary/aromatic N) is 2. The Labute approximate surface area is 217 Å². The summed E-state index contributed by atoms with van der Waals surface area (Å²) in [5.41, 5.74) is 1.86. The minimum atomic E-state index is -4.08. The minimum Gasteiger partial charge on any atom is -0.357 e. The summed E-state index contributed by atoms with van der Waals surface area (Å²) in [5.74, 6) is -0.864. The van der Waals surface area contributed by atoms with E-state index >= 15 is 0 Å². The van der Waals surface area contributed by atoms with E-state index in [0.717, 1.165) is 9.87 Å². The molecule has 0 radical (unpaired) electrons. The first kappa shape index (κ1) is 27.2. The molecule has 3 aromatic carbocycles. The van der Waals surface area contributed by atoms with Gasteiger partial charge in [0.15, 0.2) is 0 Å². The Morgan fingerprint density at radius 1 is 0.972 bits per heavy atom. The Morgan fingerprint density at radius 2 is 1.64 bits per heavy atom. The molecule has 36 heavy (non-hydrogen) atoms. The van der Waals surface area contributed by atoms with E-state index < -0.39 is 28.5 Å². The number of sulfonamides is 1. The topological polar surface area (TPSA) is 86.8 Å². The first-order valence-corrected chi connectivity index (χ1v) is 13.4. The zero-order chi connectivity index (χ0) is 26.3. The monoisotopic (exact) mass is 527 g/mol. The van der Waals surface area contributed by atoms with Crippen molar-refractivity contribution in [1.82, 2.24) is 10.2 Å². The molecule has 1 N–H and O–H groups in total. The van der Waals surface area contributed by atoms with E-state index in [1.165, 1.54) is 24.1 Å². The Hall–Kier alpha value is -3.36. The average molecular weight is 528 g/mol. The molecule has 0 saturated carbocycles. The zero-order valence-electron chi connectivity index (χ0n) is 20.5. The fraction of sp³-hybridized carbons (Fsp3) is 0.259. The van der Waals surface area contributed by atoms with E-state index in [-0.39, 0.29) is 17.3 Å². The second kappa shape index (κ2) is 12.1. The molecular formula is C27H30ClN3O4S. The summed E-state index contributed by atoms with van der Waals surface area (Å²) in [5, 5.41) is 3.06. The van der Waals surface area contributed by atoms with Crippen molar-refractivity contribution >= 4 is 39.1 Å². The number of nitrogens with one attached hydrogen (secondary N) is 1. The van der Waals surface area contributed by atoms with Crippen LogP contribution in [0.3, 0.4) is 0 Å². The van der Waals surface area contributed by atoms with Crippen molar-refractivity contribution in [2.75, 3.05) is 17.9 Å². The summed E-state index contributed by atoms with van der Waals surface area (Å²) in [7, 11) is -2.58. The van der Waals surface area contributed by atoms with Gasteiger partial charge in [-0.15, -0.1) is 0 Å². The molecule has 0 spiro atoms. The lowest BCUT2D eigenvalue weighted by molar-refractivity contribution is -0.140. The number of hydrogen-bond donors (Lipinski definition) is 1. The number of hydrogen-bond acceptors (Lipinski definition) is 4. The van der Waals surface area contributed by atoms with Gasteiger partial charge in [-0.25, -0.2) is 8.42 Å². The number of benzene rings is 3. The maximum absolute atomic E-state index is 13.8. The van der Waals surface area contributed by atoms with Gasteiger partial charge in [0.05, 0.1) is 10.6 Å². The van der Waals surface area contributed by atoms with E-state index in [2.05, 4.69) is 5.32 Å². The van der Waals surface area contributed by atoms with Crippen LogP contribution in [0.15, 0.2) is 83.8 Å². The number of anilines is 1. The number of likely N-dealkylation sites (N-methyl/N-ethyl adjacent to an activating group) is 1. The molecule has 0 bridgehead atoms. The highest BCUT2D eigenvalue weighted by molar-refractivity contribution is 7.92. The molecule has 7 nitrogen and oxygen atoms in total. The third-order valence-electron chi connectivity index (χ3n) is 5.83. The Morgan fingerprint density at radius 3 is 2.25 bits per heavy atom. The normalized spacial score (nSPS) is 12.0. The smallest absolute Gasteiger partial charge is 0.264 e.